The zero-order valence-electron chi connectivity index (χ0n) is 12.1. The van der Waals surface area contributed by atoms with Crippen LogP contribution in [0.1, 0.15) is 27.5 Å². The van der Waals surface area contributed by atoms with Crippen molar-refractivity contribution in [2.75, 3.05) is 7.11 Å². The molecular formula is C17H16N2O3. The third-order valence-electron chi connectivity index (χ3n) is 3.27. The van der Waals surface area contributed by atoms with Crippen LogP contribution in [0.15, 0.2) is 48.5 Å². The summed E-state index contributed by atoms with van der Waals surface area (Å²) in [6.45, 7) is 0.468. The van der Waals surface area contributed by atoms with Crippen LogP contribution >= 0.6 is 0 Å². The summed E-state index contributed by atoms with van der Waals surface area (Å²) in [7, 11) is 1.58. The number of carbonyl (C=O) groups is 1. The van der Waals surface area contributed by atoms with Crippen molar-refractivity contribution in [1.82, 2.24) is 5.32 Å². The largest absolute Gasteiger partial charge is 0.497 e. The van der Waals surface area contributed by atoms with Crippen molar-refractivity contribution < 1.29 is 14.6 Å². The first-order valence-corrected chi connectivity index (χ1v) is 6.73. The van der Waals surface area contributed by atoms with Crippen LogP contribution in [0.4, 0.5) is 0 Å². The Labute approximate surface area is 128 Å². The molecule has 0 heterocycles. The number of nitrogens with one attached hydrogen (secondary N) is 1. The molecule has 2 aromatic carbocycles. The van der Waals surface area contributed by atoms with Gasteiger partial charge in [-0.3, -0.25) is 5.32 Å². The first kappa shape index (κ1) is 15.5. The highest BCUT2D eigenvalue weighted by molar-refractivity contribution is 5.87. The van der Waals surface area contributed by atoms with Crippen LogP contribution in [-0.4, -0.2) is 18.2 Å². The van der Waals surface area contributed by atoms with Crippen molar-refractivity contribution in [3.8, 4) is 11.8 Å². The fourth-order valence-electron chi connectivity index (χ4n) is 2.04. The van der Waals surface area contributed by atoms with Gasteiger partial charge >= 0.3 is 5.97 Å². The Kier molecular flexibility index (Phi) is 5.12. The van der Waals surface area contributed by atoms with Gasteiger partial charge in [0.1, 0.15) is 11.8 Å². The van der Waals surface area contributed by atoms with E-state index < -0.39 is 12.0 Å². The molecule has 0 radical (unpaired) electrons. The second-order valence-electron chi connectivity index (χ2n) is 4.72. The second-order valence-corrected chi connectivity index (χ2v) is 4.72. The molecule has 0 saturated carbocycles. The Hall–Kier alpha value is -2.84. The Bertz CT molecular complexity index is 690. The van der Waals surface area contributed by atoms with E-state index in [0.717, 1.165) is 11.1 Å². The lowest BCUT2D eigenvalue weighted by molar-refractivity contribution is 0.0697. The maximum Gasteiger partial charge on any atom is 0.335 e. The van der Waals surface area contributed by atoms with Crippen LogP contribution < -0.4 is 10.1 Å². The molecule has 0 aliphatic carbocycles. The average Bonchev–Trinajstić information content (AvgIpc) is 2.56. The number of nitriles is 1. The van der Waals surface area contributed by atoms with E-state index in [1.54, 1.807) is 31.4 Å². The highest BCUT2D eigenvalue weighted by Gasteiger charge is 2.11. The van der Waals surface area contributed by atoms with Gasteiger partial charge in [-0.05, 0) is 35.4 Å². The molecule has 0 aliphatic rings. The quantitative estimate of drug-likeness (QED) is 0.856. The standard InChI is InChI=1S/C17H16N2O3/c1-22-15-4-2-3-14(9-15)16(10-18)19-11-12-5-7-13(8-6-12)17(20)21/h2-9,16,19H,11H2,1H3,(H,20,21). The van der Waals surface area contributed by atoms with E-state index in [1.165, 1.54) is 0 Å². The molecule has 2 rings (SSSR count). The molecule has 2 N–H and O–H groups in total. The van der Waals surface area contributed by atoms with Crippen molar-refractivity contribution in [3.05, 3.63) is 65.2 Å². The molecule has 5 nitrogen and oxygen atoms in total. The molecule has 2 aromatic rings. The lowest BCUT2D eigenvalue weighted by Crippen LogP contribution is -2.19. The number of carboxylic acids is 1. The monoisotopic (exact) mass is 296 g/mol. The van der Waals surface area contributed by atoms with E-state index in [0.29, 0.717) is 12.3 Å². The summed E-state index contributed by atoms with van der Waals surface area (Å²) in [6.07, 6.45) is 0. The lowest BCUT2D eigenvalue weighted by atomic mass is 10.1. The van der Waals surface area contributed by atoms with E-state index in [4.69, 9.17) is 9.84 Å². The number of hydrogen-bond donors (Lipinski definition) is 2. The summed E-state index contributed by atoms with van der Waals surface area (Å²) >= 11 is 0. The molecule has 0 aromatic heterocycles. The maximum absolute atomic E-state index is 10.8. The fourth-order valence-corrected chi connectivity index (χ4v) is 2.04. The zero-order chi connectivity index (χ0) is 15.9. The molecule has 0 fully saturated rings. The van der Waals surface area contributed by atoms with Gasteiger partial charge in [0.15, 0.2) is 0 Å². The minimum atomic E-state index is -0.953. The van der Waals surface area contributed by atoms with Gasteiger partial charge in [-0.15, -0.1) is 0 Å². The summed E-state index contributed by atoms with van der Waals surface area (Å²) in [5.74, 6) is -0.254. The van der Waals surface area contributed by atoms with Crippen LogP contribution in [0.3, 0.4) is 0 Å². The topological polar surface area (TPSA) is 82.3 Å². The van der Waals surface area contributed by atoms with Gasteiger partial charge in [0.05, 0.1) is 18.7 Å². The van der Waals surface area contributed by atoms with Gasteiger partial charge in [-0.2, -0.15) is 5.26 Å². The van der Waals surface area contributed by atoms with Crippen LogP contribution in [-0.2, 0) is 6.54 Å². The number of carboxylic acid groups (broad SMARTS) is 1. The summed E-state index contributed by atoms with van der Waals surface area (Å²) in [5, 5.41) is 21.3. The molecule has 0 saturated heterocycles. The molecule has 112 valence electrons. The van der Waals surface area contributed by atoms with Gasteiger partial charge in [-0.1, -0.05) is 24.3 Å². The highest BCUT2D eigenvalue weighted by Crippen LogP contribution is 2.19. The van der Waals surface area contributed by atoms with E-state index in [-0.39, 0.29) is 5.56 Å². The number of methoxy groups -OCH3 is 1. The Balaban J connectivity index is 2.04. The second kappa shape index (κ2) is 7.25. The summed E-state index contributed by atoms with van der Waals surface area (Å²) in [5.41, 5.74) is 1.98. The van der Waals surface area contributed by atoms with Gasteiger partial charge in [-0.25, -0.2) is 4.79 Å². The minimum absolute atomic E-state index is 0.244. The van der Waals surface area contributed by atoms with Crippen LogP contribution in [0.5, 0.6) is 5.75 Å². The molecular weight excluding hydrogens is 280 g/mol. The van der Waals surface area contributed by atoms with Crippen LogP contribution in [0, 0.1) is 11.3 Å². The van der Waals surface area contributed by atoms with Crippen molar-refractivity contribution in [1.29, 1.82) is 5.26 Å². The van der Waals surface area contributed by atoms with Crippen LogP contribution in [0.25, 0.3) is 0 Å². The number of rotatable bonds is 6. The third-order valence-corrected chi connectivity index (χ3v) is 3.27. The molecule has 1 atom stereocenters. The number of hydrogen-bond acceptors (Lipinski definition) is 4. The lowest BCUT2D eigenvalue weighted by Gasteiger charge is -2.13. The predicted molar refractivity (Wildman–Crippen MR) is 81.6 cm³/mol. The Morgan fingerprint density at radius 1 is 1.32 bits per heavy atom. The van der Waals surface area contributed by atoms with E-state index in [9.17, 15) is 10.1 Å². The van der Waals surface area contributed by atoms with Crippen molar-refractivity contribution in [2.45, 2.75) is 12.6 Å². The average molecular weight is 296 g/mol. The molecule has 22 heavy (non-hydrogen) atoms. The van der Waals surface area contributed by atoms with Gasteiger partial charge in [0.2, 0.25) is 0 Å². The first-order valence-electron chi connectivity index (χ1n) is 6.73. The van der Waals surface area contributed by atoms with Crippen molar-refractivity contribution >= 4 is 5.97 Å². The van der Waals surface area contributed by atoms with Gasteiger partial charge in [0.25, 0.3) is 0 Å². The van der Waals surface area contributed by atoms with Crippen LogP contribution in [0.2, 0.25) is 0 Å². The maximum atomic E-state index is 10.8. The molecule has 5 heteroatoms. The molecule has 1 unspecified atom stereocenters. The molecule has 0 spiro atoms. The summed E-state index contributed by atoms with van der Waals surface area (Å²) in [4.78, 5) is 10.8. The molecule has 0 amide bonds. The fraction of sp³-hybridized carbons (Fsp3) is 0.176. The summed E-state index contributed by atoms with van der Waals surface area (Å²) < 4.78 is 5.16. The van der Waals surface area contributed by atoms with Crippen molar-refractivity contribution in [2.24, 2.45) is 0 Å². The smallest absolute Gasteiger partial charge is 0.335 e. The third kappa shape index (κ3) is 3.84. The highest BCUT2D eigenvalue weighted by atomic mass is 16.5. The number of benzene rings is 2. The van der Waals surface area contributed by atoms with Gasteiger partial charge < -0.3 is 9.84 Å². The Morgan fingerprint density at radius 2 is 2.05 bits per heavy atom. The van der Waals surface area contributed by atoms with E-state index >= 15 is 0 Å². The van der Waals surface area contributed by atoms with E-state index in [1.807, 2.05) is 24.3 Å². The zero-order valence-corrected chi connectivity index (χ0v) is 12.1. The minimum Gasteiger partial charge on any atom is -0.497 e. The Morgan fingerprint density at radius 3 is 2.64 bits per heavy atom. The van der Waals surface area contributed by atoms with Crippen molar-refractivity contribution in [3.63, 3.8) is 0 Å². The van der Waals surface area contributed by atoms with E-state index in [2.05, 4.69) is 11.4 Å². The number of aromatic carboxylic acids is 1. The predicted octanol–water partition coefficient (Wildman–Crippen LogP) is 2.75. The SMILES string of the molecule is COc1cccc(C(C#N)NCc2ccc(C(=O)O)cc2)c1. The molecule has 0 aliphatic heterocycles. The number of nitrogens with zero attached hydrogens (tertiary/aromatic N) is 1. The first-order chi connectivity index (χ1) is 10.6. The molecule has 0 bridgehead atoms. The van der Waals surface area contributed by atoms with Gasteiger partial charge in [0, 0.05) is 6.54 Å². The summed E-state index contributed by atoms with van der Waals surface area (Å²) in [6, 6.07) is 15.6. The normalized spacial score (nSPS) is 11.5. The number of ether oxygens (including phenoxy) is 1.